The van der Waals surface area contributed by atoms with E-state index in [9.17, 15) is 14.4 Å². The maximum atomic E-state index is 12.8. The van der Waals surface area contributed by atoms with Crippen molar-refractivity contribution in [3.63, 3.8) is 0 Å². The minimum Gasteiger partial charge on any atom is -0.382 e. The zero-order valence-corrected chi connectivity index (χ0v) is 19.4. The molecule has 2 aromatic carbocycles. The summed E-state index contributed by atoms with van der Waals surface area (Å²) in [5.74, 6) is -0.212. The van der Waals surface area contributed by atoms with Crippen LogP contribution in [0, 0.1) is 5.92 Å². The van der Waals surface area contributed by atoms with Crippen molar-refractivity contribution in [2.45, 2.75) is 51.0 Å². The molecule has 4 N–H and O–H groups in total. The van der Waals surface area contributed by atoms with Crippen molar-refractivity contribution >= 4 is 34.3 Å². The Kier molecular flexibility index (Phi) is 5.86. The lowest BCUT2D eigenvalue weighted by molar-refractivity contribution is -0.125. The lowest BCUT2D eigenvalue weighted by Crippen LogP contribution is -2.34. The van der Waals surface area contributed by atoms with E-state index in [2.05, 4.69) is 16.7 Å². The first kappa shape index (κ1) is 22.2. The van der Waals surface area contributed by atoms with Crippen molar-refractivity contribution < 1.29 is 14.4 Å². The number of benzene rings is 2. The molecule has 34 heavy (non-hydrogen) atoms. The second kappa shape index (κ2) is 8.97. The number of hydrogen-bond acceptors (Lipinski definition) is 4. The lowest BCUT2D eigenvalue weighted by atomic mass is 9.85. The fourth-order valence-corrected chi connectivity index (χ4v) is 5.61. The summed E-state index contributed by atoms with van der Waals surface area (Å²) in [4.78, 5) is 37.0. The van der Waals surface area contributed by atoms with Gasteiger partial charge in [0.25, 0.3) is 5.91 Å². The van der Waals surface area contributed by atoms with E-state index in [1.807, 2.05) is 34.9 Å². The largest absolute Gasteiger partial charge is 0.382 e. The monoisotopic (exact) mass is 458 g/mol. The number of nitrogens with zero attached hydrogens (tertiary/aromatic N) is 1. The summed E-state index contributed by atoms with van der Waals surface area (Å²) >= 11 is 0. The molecular weight excluding hydrogens is 428 g/mol. The molecule has 1 aliphatic heterocycles. The summed E-state index contributed by atoms with van der Waals surface area (Å²) in [6.07, 6.45) is 5.53. The van der Waals surface area contributed by atoms with Gasteiger partial charge in [0.1, 0.15) is 0 Å². The molecule has 2 amide bonds. The smallest absolute Gasteiger partial charge is 0.250 e. The molecule has 2 aliphatic rings. The van der Waals surface area contributed by atoms with Crippen molar-refractivity contribution in [3.05, 3.63) is 53.7 Å². The van der Waals surface area contributed by atoms with E-state index >= 15 is 0 Å². The fourth-order valence-electron chi connectivity index (χ4n) is 5.61. The Morgan fingerprint density at radius 3 is 2.53 bits per heavy atom. The normalized spacial score (nSPS) is 20.1. The van der Waals surface area contributed by atoms with Crippen LogP contribution in [-0.4, -0.2) is 35.4 Å². The van der Waals surface area contributed by atoms with Gasteiger partial charge in [0, 0.05) is 47.8 Å². The number of hydrogen-bond donors (Lipinski definition) is 3. The highest BCUT2D eigenvalue weighted by molar-refractivity contribution is 6.06. The minimum atomic E-state index is -0.480. The SMILES string of the molecule is CNC(=O)C1CCC(Nc2cc(-c3c4n(c5ccccc35)C(=O)CCC4)ccc2C(N)=O)CC1. The maximum absolute atomic E-state index is 12.8. The number of nitrogens with one attached hydrogen (secondary N) is 2. The Morgan fingerprint density at radius 1 is 1.03 bits per heavy atom. The van der Waals surface area contributed by atoms with E-state index in [4.69, 9.17) is 5.73 Å². The highest BCUT2D eigenvalue weighted by Gasteiger charge is 2.28. The number of primary amides is 1. The zero-order valence-electron chi connectivity index (χ0n) is 19.4. The van der Waals surface area contributed by atoms with Crippen molar-refractivity contribution in [2.24, 2.45) is 11.7 Å². The van der Waals surface area contributed by atoms with Gasteiger partial charge in [-0.2, -0.15) is 0 Å². The molecule has 1 aliphatic carbocycles. The number of rotatable bonds is 5. The summed E-state index contributed by atoms with van der Waals surface area (Å²) in [6, 6.07) is 13.9. The number of carbonyl (C=O) groups is 3. The minimum absolute atomic E-state index is 0.0433. The number of fused-ring (bicyclic) bond motifs is 3. The van der Waals surface area contributed by atoms with Crippen LogP contribution < -0.4 is 16.4 Å². The summed E-state index contributed by atoms with van der Waals surface area (Å²) in [7, 11) is 1.68. The first-order chi connectivity index (χ1) is 16.5. The third kappa shape index (κ3) is 3.85. The third-order valence-corrected chi connectivity index (χ3v) is 7.30. The van der Waals surface area contributed by atoms with Gasteiger partial charge in [0.05, 0.1) is 11.1 Å². The van der Waals surface area contributed by atoms with Crippen LogP contribution in [0.5, 0.6) is 0 Å². The molecule has 0 unspecified atom stereocenters. The van der Waals surface area contributed by atoms with Crippen LogP contribution in [0.1, 0.15) is 59.4 Å². The molecule has 176 valence electrons. The summed E-state index contributed by atoms with van der Waals surface area (Å²) < 4.78 is 1.86. The van der Waals surface area contributed by atoms with E-state index in [0.29, 0.717) is 17.7 Å². The second-order valence-corrected chi connectivity index (χ2v) is 9.35. The van der Waals surface area contributed by atoms with Gasteiger partial charge >= 0.3 is 0 Å². The van der Waals surface area contributed by atoms with E-state index in [0.717, 1.165) is 66.2 Å². The highest BCUT2D eigenvalue weighted by Crippen LogP contribution is 2.39. The van der Waals surface area contributed by atoms with Gasteiger partial charge in [0.15, 0.2) is 0 Å². The number of para-hydroxylation sites is 1. The zero-order chi connectivity index (χ0) is 23.8. The van der Waals surface area contributed by atoms with Gasteiger partial charge in [0.2, 0.25) is 11.8 Å². The molecule has 7 heteroatoms. The van der Waals surface area contributed by atoms with Crippen molar-refractivity contribution in [1.29, 1.82) is 0 Å². The van der Waals surface area contributed by atoms with Crippen LogP contribution in [0.4, 0.5) is 5.69 Å². The van der Waals surface area contributed by atoms with E-state index < -0.39 is 5.91 Å². The molecule has 0 bridgehead atoms. The molecule has 0 radical (unpaired) electrons. The van der Waals surface area contributed by atoms with Crippen LogP contribution >= 0.6 is 0 Å². The standard InChI is InChI=1S/C27H30N4O3/c1-29-27(34)16-9-12-18(13-10-16)30-21-15-17(11-14-19(21)26(28)33)25-20-5-2-3-6-22(20)31-23(25)7-4-8-24(31)32/h2-3,5-6,11,14-16,18,30H,4,7-10,12-13H2,1H3,(H2,28,33)(H,29,34). The van der Waals surface area contributed by atoms with Gasteiger partial charge in [-0.1, -0.05) is 24.3 Å². The second-order valence-electron chi connectivity index (χ2n) is 9.35. The van der Waals surface area contributed by atoms with Crippen molar-refractivity contribution in [2.75, 3.05) is 12.4 Å². The molecule has 0 saturated heterocycles. The van der Waals surface area contributed by atoms with Gasteiger partial charge in [-0.15, -0.1) is 0 Å². The molecule has 7 nitrogen and oxygen atoms in total. The topological polar surface area (TPSA) is 106 Å². The maximum Gasteiger partial charge on any atom is 0.250 e. The summed E-state index contributed by atoms with van der Waals surface area (Å²) in [6.45, 7) is 0. The van der Waals surface area contributed by atoms with Crippen molar-refractivity contribution in [1.82, 2.24) is 9.88 Å². The molecule has 3 aromatic rings. The molecule has 0 atom stereocenters. The van der Waals surface area contributed by atoms with E-state index in [1.54, 1.807) is 13.1 Å². The Labute approximate surface area is 198 Å². The van der Waals surface area contributed by atoms with Gasteiger partial charge in [-0.3, -0.25) is 19.0 Å². The average molecular weight is 459 g/mol. The first-order valence-electron chi connectivity index (χ1n) is 12.1. The van der Waals surface area contributed by atoms with Crippen LogP contribution in [0.15, 0.2) is 42.5 Å². The molecule has 2 heterocycles. The Morgan fingerprint density at radius 2 is 1.79 bits per heavy atom. The van der Waals surface area contributed by atoms with Crippen LogP contribution in [-0.2, 0) is 11.2 Å². The van der Waals surface area contributed by atoms with Crippen LogP contribution in [0.3, 0.4) is 0 Å². The molecule has 1 fully saturated rings. The molecule has 0 spiro atoms. The Hall–Kier alpha value is -3.61. The first-order valence-corrected chi connectivity index (χ1v) is 12.1. The lowest BCUT2D eigenvalue weighted by Gasteiger charge is -2.29. The van der Waals surface area contributed by atoms with Crippen molar-refractivity contribution in [3.8, 4) is 11.1 Å². The number of nitrogens with two attached hydrogens (primary N) is 1. The van der Waals surface area contributed by atoms with Crippen LogP contribution in [0.25, 0.3) is 22.0 Å². The van der Waals surface area contributed by atoms with E-state index in [1.165, 1.54) is 0 Å². The quantitative estimate of drug-likeness (QED) is 0.535. The van der Waals surface area contributed by atoms with Gasteiger partial charge in [-0.25, -0.2) is 0 Å². The number of amides is 2. The third-order valence-electron chi connectivity index (χ3n) is 7.30. The summed E-state index contributed by atoms with van der Waals surface area (Å²) in [5.41, 5.74) is 10.8. The Bertz CT molecular complexity index is 1280. The highest BCUT2D eigenvalue weighted by atomic mass is 16.2. The predicted octanol–water partition coefficient (Wildman–Crippen LogP) is 4.10. The predicted molar refractivity (Wildman–Crippen MR) is 133 cm³/mol. The number of carbonyl (C=O) groups excluding carboxylic acids is 3. The number of anilines is 1. The fraction of sp³-hybridized carbons (Fsp3) is 0.370. The van der Waals surface area contributed by atoms with Crippen LogP contribution in [0.2, 0.25) is 0 Å². The Balaban J connectivity index is 1.53. The van der Waals surface area contributed by atoms with Gasteiger partial charge < -0.3 is 16.4 Å². The molecule has 1 saturated carbocycles. The van der Waals surface area contributed by atoms with E-state index in [-0.39, 0.29) is 23.8 Å². The summed E-state index contributed by atoms with van der Waals surface area (Å²) in [5, 5.41) is 7.32. The molecular formula is C27H30N4O3. The molecule has 5 rings (SSSR count). The number of aromatic nitrogens is 1. The molecule has 1 aromatic heterocycles. The van der Waals surface area contributed by atoms with Gasteiger partial charge in [-0.05, 0) is 62.3 Å². The average Bonchev–Trinajstić information content (AvgIpc) is 3.19.